The van der Waals surface area contributed by atoms with Gasteiger partial charge in [-0.05, 0) is 66.2 Å². The number of anilines is 2. The van der Waals surface area contributed by atoms with E-state index in [1.165, 1.54) is 12.8 Å². The van der Waals surface area contributed by atoms with Crippen molar-refractivity contribution in [3.8, 4) is 12.0 Å². The Kier molecular flexibility index (Phi) is 7.86. The Labute approximate surface area is 235 Å². The molecule has 0 bridgehead atoms. The Balaban J connectivity index is 1.35. The molecule has 40 heavy (non-hydrogen) atoms. The summed E-state index contributed by atoms with van der Waals surface area (Å²) in [6.07, 6.45) is 6.46. The molecule has 0 saturated carbocycles. The maximum absolute atomic E-state index is 6.14. The molecule has 4 saturated heterocycles. The lowest BCUT2D eigenvalue weighted by Crippen LogP contribution is -2.33. The van der Waals surface area contributed by atoms with E-state index in [4.69, 9.17) is 48.4 Å². The third kappa shape index (κ3) is 6.35. The van der Waals surface area contributed by atoms with Crippen LogP contribution < -0.4 is 19.3 Å². The van der Waals surface area contributed by atoms with E-state index in [9.17, 15) is 0 Å². The molecular formula is C28H42N6O6. The monoisotopic (exact) mass is 558 g/mol. The van der Waals surface area contributed by atoms with Crippen molar-refractivity contribution < 1.29 is 28.4 Å². The smallest absolute Gasteiger partial charge is 0.319 e. The van der Waals surface area contributed by atoms with Gasteiger partial charge in [0.15, 0.2) is 23.2 Å². The van der Waals surface area contributed by atoms with Crippen LogP contribution in [0.4, 0.5) is 11.6 Å². The minimum absolute atomic E-state index is 0.187. The Morgan fingerprint density at radius 3 is 1.38 bits per heavy atom. The van der Waals surface area contributed by atoms with Crippen molar-refractivity contribution in [1.29, 1.82) is 0 Å². The summed E-state index contributed by atoms with van der Waals surface area (Å²) in [5, 5.41) is 0. The van der Waals surface area contributed by atoms with Crippen LogP contribution >= 0.6 is 0 Å². The topological polar surface area (TPSA) is 113 Å². The molecule has 2 atom stereocenters. The third-order valence-corrected chi connectivity index (χ3v) is 7.71. The molecule has 4 fully saturated rings. The molecule has 0 N–H and O–H groups in total. The summed E-state index contributed by atoms with van der Waals surface area (Å²) in [5.74, 6) is 0.286. The van der Waals surface area contributed by atoms with E-state index in [2.05, 4.69) is 9.80 Å². The van der Waals surface area contributed by atoms with Crippen LogP contribution in [0.1, 0.15) is 66.2 Å². The molecule has 0 aromatic carbocycles. The van der Waals surface area contributed by atoms with Crippen molar-refractivity contribution >= 4 is 22.7 Å². The van der Waals surface area contributed by atoms with Crippen molar-refractivity contribution in [3.63, 3.8) is 0 Å². The number of piperidine rings is 2. The van der Waals surface area contributed by atoms with E-state index in [0.717, 1.165) is 63.5 Å². The van der Waals surface area contributed by atoms with Crippen molar-refractivity contribution in [2.24, 2.45) is 0 Å². The van der Waals surface area contributed by atoms with Crippen LogP contribution in [0.25, 0.3) is 11.0 Å². The number of nitrogens with zero attached hydrogens (tertiary/aromatic N) is 6. The minimum Gasteiger partial charge on any atom is -0.461 e. The molecule has 6 rings (SSSR count). The zero-order valence-corrected chi connectivity index (χ0v) is 24.2. The highest BCUT2D eigenvalue weighted by Crippen LogP contribution is 2.35. The highest BCUT2D eigenvalue weighted by Gasteiger charge is 2.35. The van der Waals surface area contributed by atoms with E-state index in [0.29, 0.717) is 49.5 Å². The van der Waals surface area contributed by atoms with E-state index in [-0.39, 0.29) is 12.2 Å². The summed E-state index contributed by atoms with van der Waals surface area (Å²) in [7, 11) is 0. The highest BCUT2D eigenvalue weighted by molar-refractivity contribution is 5.94. The van der Waals surface area contributed by atoms with Crippen LogP contribution in [0.15, 0.2) is 0 Å². The maximum Gasteiger partial charge on any atom is 0.319 e. The number of aromatic nitrogens is 4. The molecule has 2 aromatic heterocycles. The molecule has 0 amide bonds. The van der Waals surface area contributed by atoms with Gasteiger partial charge in [-0.1, -0.05) is 0 Å². The molecule has 0 unspecified atom stereocenters. The number of fused-ring (bicyclic) bond motifs is 1. The number of ether oxygens (including phenoxy) is 6. The first-order chi connectivity index (χ1) is 19.2. The molecule has 2 aromatic rings. The molecule has 4 aliphatic rings. The maximum atomic E-state index is 6.14. The highest BCUT2D eigenvalue weighted by atomic mass is 16.8. The lowest BCUT2D eigenvalue weighted by atomic mass is 10.1. The lowest BCUT2D eigenvalue weighted by Gasteiger charge is -2.31. The first-order valence-corrected chi connectivity index (χ1v) is 14.7. The van der Waals surface area contributed by atoms with Gasteiger partial charge in [0.2, 0.25) is 0 Å². The molecule has 0 spiro atoms. The van der Waals surface area contributed by atoms with Gasteiger partial charge in [-0.25, -0.2) is 0 Å². The largest absolute Gasteiger partial charge is 0.461 e. The fraction of sp³-hybridized carbons (Fsp3) is 0.786. The normalized spacial score (nSPS) is 26.4. The fourth-order valence-corrected chi connectivity index (χ4v) is 5.75. The third-order valence-electron chi connectivity index (χ3n) is 7.71. The average Bonchev–Trinajstić information content (AvgIpc) is 3.50. The zero-order chi connectivity index (χ0) is 27.7. The summed E-state index contributed by atoms with van der Waals surface area (Å²) in [5.41, 5.74) is 1.37. The molecule has 0 radical (unpaired) electrons. The fourth-order valence-electron chi connectivity index (χ4n) is 5.75. The van der Waals surface area contributed by atoms with Gasteiger partial charge in [-0.2, -0.15) is 19.9 Å². The standard InChI is InChI=1S/C28H42N6O6/c1-27(2)37-17-19(39-27)15-35-25-29-21-22(23(31-25)33-11-7-5-8-12-33)30-26(32-24(21)34-13-9-6-10-14-34)36-16-20-18-38-28(3,4)40-20/h19-20H,5-18H2,1-4H3/t19-,20-/m1/s1. The predicted molar refractivity (Wildman–Crippen MR) is 148 cm³/mol. The molecule has 4 aliphatic heterocycles. The summed E-state index contributed by atoms with van der Waals surface area (Å²) in [6.45, 7) is 12.8. The second-order valence-corrected chi connectivity index (χ2v) is 12.0. The van der Waals surface area contributed by atoms with Crippen molar-refractivity contribution in [2.75, 3.05) is 62.4 Å². The first kappa shape index (κ1) is 27.6. The molecule has 6 heterocycles. The summed E-state index contributed by atoms with van der Waals surface area (Å²) < 4.78 is 35.6. The SMILES string of the molecule is CC1(C)OC[C@@H](COc2nc(N3CCCCC3)c3nc(OC[C@@H]4COC(C)(C)O4)nc(N4CCCCC4)c3n2)O1. The van der Waals surface area contributed by atoms with Crippen LogP contribution in [-0.4, -0.2) is 96.3 Å². The van der Waals surface area contributed by atoms with Gasteiger partial charge in [0, 0.05) is 26.2 Å². The van der Waals surface area contributed by atoms with Gasteiger partial charge in [0.1, 0.15) is 36.5 Å². The number of rotatable bonds is 8. The number of hydrogen-bond donors (Lipinski definition) is 0. The van der Waals surface area contributed by atoms with Crippen LogP contribution in [0.5, 0.6) is 12.0 Å². The lowest BCUT2D eigenvalue weighted by molar-refractivity contribution is -0.142. The van der Waals surface area contributed by atoms with E-state index in [1.807, 2.05) is 27.7 Å². The van der Waals surface area contributed by atoms with Gasteiger partial charge in [0.05, 0.1) is 13.2 Å². The first-order valence-electron chi connectivity index (χ1n) is 14.7. The van der Waals surface area contributed by atoms with Gasteiger partial charge in [-0.15, -0.1) is 0 Å². The Bertz CT molecular complexity index is 1090. The summed E-state index contributed by atoms with van der Waals surface area (Å²) in [6, 6.07) is 0.603. The molecule has 12 nitrogen and oxygen atoms in total. The summed E-state index contributed by atoms with van der Waals surface area (Å²) in [4.78, 5) is 24.1. The average molecular weight is 559 g/mol. The van der Waals surface area contributed by atoms with Gasteiger partial charge in [0.25, 0.3) is 0 Å². The van der Waals surface area contributed by atoms with Crippen molar-refractivity contribution in [3.05, 3.63) is 0 Å². The summed E-state index contributed by atoms with van der Waals surface area (Å²) >= 11 is 0. The Hall–Kier alpha value is -2.54. The van der Waals surface area contributed by atoms with Gasteiger partial charge >= 0.3 is 12.0 Å². The quantitative estimate of drug-likeness (QED) is 0.473. The van der Waals surface area contributed by atoms with Crippen LogP contribution in [0, 0.1) is 0 Å². The molecule has 220 valence electrons. The molecular weight excluding hydrogens is 516 g/mol. The second-order valence-electron chi connectivity index (χ2n) is 12.0. The van der Waals surface area contributed by atoms with Crippen LogP contribution in [-0.2, 0) is 18.9 Å². The Morgan fingerprint density at radius 1 is 0.625 bits per heavy atom. The number of hydrogen-bond acceptors (Lipinski definition) is 12. The van der Waals surface area contributed by atoms with Gasteiger partial charge in [-0.3, -0.25) is 0 Å². The molecule has 12 heteroatoms. The second kappa shape index (κ2) is 11.4. The van der Waals surface area contributed by atoms with Crippen molar-refractivity contribution in [1.82, 2.24) is 19.9 Å². The molecule has 0 aliphatic carbocycles. The van der Waals surface area contributed by atoms with Crippen LogP contribution in [0.3, 0.4) is 0 Å². The van der Waals surface area contributed by atoms with Gasteiger partial charge < -0.3 is 38.2 Å². The van der Waals surface area contributed by atoms with E-state index < -0.39 is 11.6 Å². The Morgan fingerprint density at radius 2 is 1.02 bits per heavy atom. The van der Waals surface area contributed by atoms with Crippen LogP contribution in [0.2, 0.25) is 0 Å². The van der Waals surface area contributed by atoms with E-state index >= 15 is 0 Å². The minimum atomic E-state index is -0.617. The zero-order valence-electron chi connectivity index (χ0n) is 24.2. The van der Waals surface area contributed by atoms with Crippen molar-refractivity contribution in [2.45, 2.75) is 90.0 Å². The van der Waals surface area contributed by atoms with E-state index in [1.54, 1.807) is 0 Å². The predicted octanol–water partition coefficient (Wildman–Crippen LogP) is 3.46.